The molecule has 0 aromatic heterocycles. The Labute approximate surface area is 55.5 Å². The Morgan fingerprint density at radius 3 is 2.56 bits per heavy atom. The molecule has 0 aromatic carbocycles. The Morgan fingerprint density at radius 2 is 2.22 bits per heavy atom. The lowest BCUT2D eigenvalue weighted by Gasteiger charge is -1.98. The molecule has 2 heteroatoms. The highest BCUT2D eigenvalue weighted by Gasteiger charge is 2.02. The third kappa shape index (κ3) is 2.90. The van der Waals surface area contributed by atoms with Crippen LogP contribution >= 0.6 is 0 Å². The molecule has 0 unspecified atom stereocenters. The largest absolute Gasteiger partial charge is 0.466 e. The maximum atomic E-state index is 10.6. The lowest BCUT2D eigenvalue weighted by atomic mass is 10.2. The molecule has 0 heterocycles. The average Bonchev–Trinajstić information content (AvgIpc) is 1.87. The molecule has 0 N–H and O–H groups in total. The van der Waals surface area contributed by atoms with Gasteiger partial charge in [-0.2, -0.15) is 0 Å². The van der Waals surface area contributed by atoms with Crippen LogP contribution in [0.3, 0.4) is 0 Å². The van der Waals surface area contributed by atoms with Crippen LogP contribution in [-0.2, 0) is 9.53 Å². The Hall–Kier alpha value is -0.790. The van der Waals surface area contributed by atoms with E-state index in [0.29, 0.717) is 5.57 Å². The van der Waals surface area contributed by atoms with E-state index < -0.39 is 0 Å². The molecule has 0 radical (unpaired) electrons. The molecule has 0 aromatic rings. The summed E-state index contributed by atoms with van der Waals surface area (Å²) in [6.07, 6.45) is 1.67. The van der Waals surface area contributed by atoms with E-state index in [4.69, 9.17) is 0 Å². The minimum Gasteiger partial charge on any atom is -0.466 e. The molecule has 0 amide bonds. The minimum absolute atomic E-state index is 0.295. The predicted octanol–water partition coefficient (Wildman–Crippen LogP) is 1.52. The van der Waals surface area contributed by atoms with E-state index in [1.165, 1.54) is 7.11 Å². The van der Waals surface area contributed by atoms with Crippen molar-refractivity contribution in [3.63, 3.8) is 0 Å². The maximum Gasteiger partial charge on any atom is 0.333 e. The van der Waals surface area contributed by atoms with Gasteiger partial charge in [0.1, 0.15) is 0 Å². The van der Waals surface area contributed by atoms with Gasteiger partial charge < -0.3 is 4.74 Å². The molecule has 2 nitrogen and oxygen atoms in total. The summed E-state index contributed by atoms with van der Waals surface area (Å²) in [5.41, 5.74) is 0.556. The van der Waals surface area contributed by atoms with Gasteiger partial charge in [-0.15, -0.1) is 0 Å². The van der Waals surface area contributed by atoms with Gasteiger partial charge in [-0.05, 0) is 6.42 Å². The topological polar surface area (TPSA) is 26.3 Å². The van der Waals surface area contributed by atoms with Gasteiger partial charge in [-0.25, -0.2) is 4.79 Å². The van der Waals surface area contributed by atoms with Gasteiger partial charge >= 0.3 is 5.97 Å². The Balaban J connectivity index is 3.60. The number of carbonyl (C=O) groups excluding carboxylic acids is 1. The molecular formula is C7H12O2. The second-order valence-corrected chi connectivity index (χ2v) is 1.85. The van der Waals surface area contributed by atoms with E-state index in [1.54, 1.807) is 0 Å². The molecule has 0 spiro atoms. The molecule has 0 saturated carbocycles. The van der Waals surface area contributed by atoms with Crippen LogP contribution in [0, 0.1) is 0 Å². The zero-order chi connectivity index (χ0) is 7.28. The van der Waals surface area contributed by atoms with Crippen LogP contribution in [-0.4, -0.2) is 13.1 Å². The predicted molar refractivity (Wildman–Crippen MR) is 36.1 cm³/mol. The van der Waals surface area contributed by atoms with Crippen LogP contribution in [0.25, 0.3) is 0 Å². The maximum absolute atomic E-state index is 10.6. The normalized spacial score (nSPS) is 8.67. The first-order chi connectivity index (χ1) is 4.22. The summed E-state index contributed by atoms with van der Waals surface area (Å²) in [7, 11) is 1.36. The fourth-order valence-electron chi connectivity index (χ4n) is 0.548. The first-order valence-corrected chi connectivity index (χ1v) is 2.98. The van der Waals surface area contributed by atoms with Crippen molar-refractivity contribution in [2.24, 2.45) is 0 Å². The first-order valence-electron chi connectivity index (χ1n) is 2.98. The summed E-state index contributed by atoms with van der Waals surface area (Å²) in [6.45, 7) is 5.53. The van der Waals surface area contributed by atoms with Crippen molar-refractivity contribution in [3.8, 4) is 0 Å². The number of esters is 1. The lowest BCUT2D eigenvalue weighted by Crippen LogP contribution is -2.02. The average molecular weight is 128 g/mol. The van der Waals surface area contributed by atoms with Gasteiger partial charge in [-0.3, -0.25) is 0 Å². The van der Waals surface area contributed by atoms with E-state index in [0.717, 1.165) is 12.8 Å². The fourth-order valence-corrected chi connectivity index (χ4v) is 0.548. The van der Waals surface area contributed by atoms with E-state index in [2.05, 4.69) is 11.3 Å². The molecule has 52 valence electrons. The van der Waals surface area contributed by atoms with Crippen molar-refractivity contribution in [1.82, 2.24) is 0 Å². The van der Waals surface area contributed by atoms with Crippen LogP contribution in [0.15, 0.2) is 12.2 Å². The number of ether oxygens (including phenoxy) is 1. The van der Waals surface area contributed by atoms with E-state index >= 15 is 0 Å². The van der Waals surface area contributed by atoms with Crippen LogP contribution < -0.4 is 0 Å². The van der Waals surface area contributed by atoms with Gasteiger partial charge in [0, 0.05) is 5.57 Å². The number of hydrogen-bond donors (Lipinski definition) is 0. The van der Waals surface area contributed by atoms with Crippen molar-refractivity contribution in [2.75, 3.05) is 7.11 Å². The number of methoxy groups -OCH3 is 1. The summed E-state index contributed by atoms with van der Waals surface area (Å²) >= 11 is 0. The van der Waals surface area contributed by atoms with Crippen molar-refractivity contribution in [2.45, 2.75) is 19.8 Å². The van der Waals surface area contributed by atoms with Crippen LogP contribution in [0.4, 0.5) is 0 Å². The zero-order valence-corrected chi connectivity index (χ0v) is 5.94. The minimum atomic E-state index is -0.295. The van der Waals surface area contributed by atoms with Crippen molar-refractivity contribution in [1.29, 1.82) is 0 Å². The molecule has 0 bridgehead atoms. The molecule has 9 heavy (non-hydrogen) atoms. The van der Waals surface area contributed by atoms with E-state index in [-0.39, 0.29) is 5.97 Å². The summed E-state index contributed by atoms with van der Waals surface area (Å²) in [5.74, 6) is -0.295. The van der Waals surface area contributed by atoms with Crippen molar-refractivity contribution >= 4 is 5.97 Å². The molecule has 0 saturated heterocycles. The highest BCUT2D eigenvalue weighted by molar-refractivity contribution is 5.87. The third-order valence-electron chi connectivity index (χ3n) is 1.03. The molecule has 0 aliphatic heterocycles. The van der Waals surface area contributed by atoms with Crippen molar-refractivity contribution in [3.05, 3.63) is 12.2 Å². The second-order valence-electron chi connectivity index (χ2n) is 1.85. The standard InChI is InChI=1S/C7H12O2/c1-4-5-6(2)7(8)9-3/h2,4-5H2,1,3H3. The molecule has 0 aliphatic carbocycles. The van der Waals surface area contributed by atoms with Gasteiger partial charge in [-0.1, -0.05) is 19.9 Å². The SMILES string of the molecule is C=C(CCC)C(=O)OC. The monoisotopic (exact) mass is 128 g/mol. The molecule has 0 aliphatic rings. The first kappa shape index (κ1) is 8.21. The van der Waals surface area contributed by atoms with Gasteiger partial charge in [0.25, 0.3) is 0 Å². The van der Waals surface area contributed by atoms with Gasteiger partial charge in [0.05, 0.1) is 7.11 Å². The Morgan fingerprint density at radius 1 is 1.67 bits per heavy atom. The van der Waals surface area contributed by atoms with Crippen LogP contribution in [0.1, 0.15) is 19.8 Å². The number of carbonyl (C=O) groups is 1. The number of rotatable bonds is 3. The molecular weight excluding hydrogens is 116 g/mol. The van der Waals surface area contributed by atoms with Gasteiger partial charge in [0.15, 0.2) is 0 Å². The Bertz CT molecular complexity index is 116. The van der Waals surface area contributed by atoms with Crippen LogP contribution in [0.2, 0.25) is 0 Å². The van der Waals surface area contributed by atoms with Gasteiger partial charge in [0.2, 0.25) is 0 Å². The molecule has 0 atom stereocenters. The fraction of sp³-hybridized carbons (Fsp3) is 0.571. The lowest BCUT2D eigenvalue weighted by molar-refractivity contribution is -0.136. The number of hydrogen-bond acceptors (Lipinski definition) is 2. The quantitative estimate of drug-likeness (QED) is 0.425. The third-order valence-corrected chi connectivity index (χ3v) is 1.03. The second kappa shape index (κ2) is 4.13. The van der Waals surface area contributed by atoms with E-state index in [9.17, 15) is 4.79 Å². The summed E-state index contributed by atoms with van der Waals surface area (Å²) in [5, 5.41) is 0. The highest BCUT2D eigenvalue weighted by Crippen LogP contribution is 2.02. The van der Waals surface area contributed by atoms with Crippen molar-refractivity contribution < 1.29 is 9.53 Å². The van der Waals surface area contributed by atoms with E-state index in [1.807, 2.05) is 6.92 Å². The molecule has 0 rings (SSSR count). The zero-order valence-electron chi connectivity index (χ0n) is 5.94. The summed E-state index contributed by atoms with van der Waals surface area (Å²) in [4.78, 5) is 10.6. The van der Waals surface area contributed by atoms with Crippen LogP contribution in [0.5, 0.6) is 0 Å². The summed E-state index contributed by atoms with van der Waals surface area (Å²) < 4.78 is 4.43. The Kier molecular flexibility index (Phi) is 3.76. The smallest absolute Gasteiger partial charge is 0.333 e. The molecule has 0 fully saturated rings. The summed E-state index contributed by atoms with van der Waals surface area (Å²) in [6, 6.07) is 0. The highest BCUT2D eigenvalue weighted by atomic mass is 16.5.